The number of hydrogen-bond donors (Lipinski definition) is 1. The normalized spacial score (nSPS) is 16.3. The van der Waals surface area contributed by atoms with Crippen LogP contribution in [-0.4, -0.2) is 69.3 Å². The minimum absolute atomic E-state index is 0.0728. The van der Waals surface area contributed by atoms with Gasteiger partial charge in [0.1, 0.15) is 23.9 Å². The number of aromatic nitrogens is 1. The van der Waals surface area contributed by atoms with Crippen LogP contribution in [0.2, 0.25) is 0 Å². The van der Waals surface area contributed by atoms with Gasteiger partial charge in [-0.1, -0.05) is 54.9 Å². The second-order valence-electron chi connectivity index (χ2n) is 11.9. The van der Waals surface area contributed by atoms with Crippen LogP contribution in [0.1, 0.15) is 68.4 Å². The van der Waals surface area contributed by atoms with Crippen molar-refractivity contribution in [2.45, 2.75) is 83.4 Å². The first-order valence-corrected chi connectivity index (χ1v) is 17.5. The minimum atomic E-state index is -4.14. The summed E-state index contributed by atoms with van der Waals surface area (Å²) in [5, 5.41) is 7.39. The molecule has 3 heterocycles. The maximum absolute atomic E-state index is 14.3. The molecular formula is C34H45N5O6S. The zero-order valence-electron chi connectivity index (χ0n) is 27.5. The molecule has 2 aliphatic rings. The minimum Gasteiger partial charge on any atom is -0.377 e. The molecule has 248 valence electrons. The van der Waals surface area contributed by atoms with E-state index in [4.69, 9.17) is 19.0 Å². The van der Waals surface area contributed by atoms with Gasteiger partial charge >= 0.3 is 0 Å². The third kappa shape index (κ3) is 6.62. The Morgan fingerprint density at radius 3 is 2.52 bits per heavy atom. The van der Waals surface area contributed by atoms with Gasteiger partial charge in [0.2, 0.25) is 0 Å². The number of methoxy groups -OCH3 is 1. The summed E-state index contributed by atoms with van der Waals surface area (Å²) in [5.41, 5.74) is 2.94. The molecule has 1 fully saturated rings. The molecule has 0 saturated carbocycles. The molecule has 2 aliphatic heterocycles. The molecule has 1 aromatic heterocycles. The van der Waals surface area contributed by atoms with Crippen molar-refractivity contribution in [2.24, 2.45) is 4.99 Å². The van der Waals surface area contributed by atoms with E-state index in [0.29, 0.717) is 42.9 Å². The molecule has 46 heavy (non-hydrogen) atoms. The lowest BCUT2D eigenvalue weighted by molar-refractivity contribution is -0.132. The Labute approximate surface area is 272 Å². The predicted molar refractivity (Wildman–Crippen MR) is 177 cm³/mol. The molecule has 1 spiro atoms. The fourth-order valence-corrected chi connectivity index (χ4v) is 7.72. The van der Waals surface area contributed by atoms with Crippen LogP contribution in [0.15, 0.2) is 56.9 Å². The van der Waals surface area contributed by atoms with E-state index in [0.717, 1.165) is 59.2 Å². The van der Waals surface area contributed by atoms with Gasteiger partial charge in [-0.05, 0) is 75.9 Å². The number of nitrogens with one attached hydrogen (secondary N) is 1. The number of rotatable bonds is 14. The molecule has 2 aromatic carbocycles. The molecule has 5 rings (SSSR count). The molecule has 0 bridgehead atoms. The summed E-state index contributed by atoms with van der Waals surface area (Å²) in [4.78, 5) is 20.9. The van der Waals surface area contributed by atoms with E-state index in [1.807, 2.05) is 36.1 Å². The lowest BCUT2D eigenvalue weighted by atomic mass is 9.88. The van der Waals surface area contributed by atoms with Crippen molar-refractivity contribution in [1.82, 2.24) is 15.4 Å². The number of unbranched alkanes of at least 4 members (excludes halogenated alkanes) is 1. The summed E-state index contributed by atoms with van der Waals surface area (Å²) >= 11 is 0. The lowest BCUT2D eigenvalue weighted by Crippen LogP contribution is -2.48. The van der Waals surface area contributed by atoms with Crippen molar-refractivity contribution in [1.29, 1.82) is 0 Å². The highest BCUT2D eigenvalue weighted by atomic mass is 32.2. The number of hydrogen-bond acceptors (Lipinski definition) is 9. The predicted octanol–water partition coefficient (Wildman–Crippen LogP) is 5.35. The quantitative estimate of drug-likeness (QED) is 0.231. The molecule has 0 aliphatic carbocycles. The van der Waals surface area contributed by atoms with Crippen molar-refractivity contribution in [3.8, 4) is 11.1 Å². The number of nitrogens with zero attached hydrogens (tertiary/aromatic N) is 4. The van der Waals surface area contributed by atoms with Gasteiger partial charge < -0.3 is 19.3 Å². The highest BCUT2D eigenvalue weighted by molar-refractivity contribution is 7.93. The van der Waals surface area contributed by atoms with Gasteiger partial charge in [0.25, 0.3) is 15.9 Å². The average molecular weight is 652 g/mol. The Hall–Kier alpha value is -3.58. The number of anilines is 1. The monoisotopic (exact) mass is 651 g/mol. The van der Waals surface area contributed by atoms with Crippen LogP contribution in [0.25, 0.3) is 11.1 Å². The molecule has 12 heteroatoms. The highest BCUT2D eigenvalue weighted by Gasteiger charge is 2.48. The number of carbonyl (C=O) groups excluding carboxylic acids is 1. The number of aliphatic imine (C=N–C) groups is 1. The van der Waals surface area contributed by atoms with Crippen LogP contribution in [0.4, 0.5) is 5.82 Å². The average Bonchev–Trinajstić information content (AvgIpc) is 3.52. The van der Waals surface area contributed by atoms with Gasteiger partial charge in [-0.2, -0.15) is 0 Å². The van der Waals surface area contributed by atoms with Crippen LogP contribution in [0.3, 0.4) is 0 Å². The summed E-state index contributed by atoms with van der Waals surface area (Å²) in [6.45, 7) is 10.0. The first-order valence-electron chi connectivity index (χ1n) is 16.0. The largest absolute Gasteiger partial charge is 0.377 e. The summed E-state index contributed by atoms with van der Waals surface area (Å²) in [7, 11) is -2.70. The zero-order valence-corrected chi connectivity index (χ0v) is 28.3. The maximum atomic E-state index is 14.3. The summed E-state index contributed by atoms with van der Waals surface area (Å²) in [6, 6.07) is 12.8. The number of piperidine rings is 1. The topological polar surface area (TPSA) is 127 Å². The molecule has 0 unspecified atom stereocenters. The standard InChI is InChI=1S/C34H45N5O6S/c1-6-8-13-31-36-34(16-18-35-19-17-34)33(40)38(31)21-26-14-15-28(27(20-26)22-44-7-2)29-11-9-10-12-30(29)46(41,42)39(23-43-5)32-24(3)25(4)45-37-32/h9-12,14-15,20,35H,6-8,13,16-19,21-23H2,1-5H3. The molecule has 1 amide bonds. The molecule has 1 saturated heterocycles. The van der Waals surface area contributed by atoms with Crippen molar-refractivity contribution in [2.75, 3.05) is 37.8 Å². The molecule has 0 radical (unpaired) electrons. The molecule has 11 nitrogen and oxygen atoms in total. The smallest absolute Gasteiger partial charge is 0.268 e. The van der Waals surface area contributed by atoms with Crippen molar-refractivity contribution >= 4 is 27.6 Å². The Kier molecular flexibility index (Phi) is 10.6. The van der Waals surface area contributed by atoms with Gasteiger partial charge in [-0.3, -0.25) is 14.7 Å². The van der Waals surface area contributed by atoms with E-state index >= 15 is 0 Å². The molecule has 0 atom stereocenters. The Morgan fingerprint density at radius 2 is 1.85 bits per heavy atom. The number of ether oxygens (including phenoxy) is 2. The Morgan fingerprint density at radius 1 is 1.09 bits per heavy atom. The summed E-state index contributed by atoms with van der Waals surface area (Å²) < 4.78 is 46.2. The van der Waals surface area contributed by atoms with Crippen LogP contribution in [-0.2, 0) is 37.4 Å². The van der Waals surface area contributed by atoms with Crippen LogP contribution in [0.5, 0.6) is 0 Å². The molecular weight excluding hydrogens is 606 g/mol. The van der Waals surface area contributed by atoms with E-state index in [1.165, 1.54) is 7.11 Å². The zero-order chi connectivity index (χ0) is 32.9. The van der Waals surface area contributed by atoms with E-state index in [-0.39, 0.29) is 30.0 Å². The van der Waals surface area contributed by atoms with E-state index in [9.17, 15) is 13.2 Å². The Bertz CT molecular complexity index is 1680. The fraction of sp³-hybridized carbons (Fsp3) is 0.500. The van der Waals surface area contributed by atoms with Crippen molar-refractivity contribution < 1.29 is 27.2 Å². The number of carbonyl (C=O) groups is 1. The number of aryl methyl sites for hydroxylation is 1. The van der Waals surface area contributed by atoms with Crippen molar-refractivity contribution in [3.63, 3.8) is 0 Å². The van der Waals surface area contributed by atoms with E-state index in [2.05, 4.69) is 17.4 Å². The van der Waals surface area contributed by atoms with Crippen LogP contribution >= 0.6 is 0 Å². The van der Waals surface area contributed by atoms with Gasteiger partial charge in [0.15, 0.2) is 5.82 Å². The van der Waals surface area contributed by atoms with Gasteiger partial charge in [0.05, 0.1) is 18.0 Å². The summed E-state index contributed by atoms with van der Waals surface area (Å²) in [5.74, 6) is 1.64. The van der Waals surface area contributed by atoms with Crippen molar-refractivity contribution in [3.05, 3.63) is 64.9 Å². The van der Waals surface area contributed by atoms with Gasteiger partial charge in [-0.25, -0.2) is 12.7 Å². The number of amidine groups is 1. The third-order valence-corrected chi connectivity index (χ3v) is 10.6. The van der Waals surface area contributed by atoms with Crippen LogP contribution in [0, 0.1) is 13.8 Å². The second kappa shape index (κ2) is 14.5. The molecule has 1 N–H and O–H groups in total. The van der Waals surface area contributed by atoms with E-state index < -0.39 is 15.6 Å². The Balaban J connectivity index is 1.53. The first kappa shape index (κ1) is 33.8. The number of benzene rings is 2. The number of amides is 1. The SMILES string of the molecule is CCCCC1=NC2(CCNCC2)C(=O)N1Cc1ccc(-c2ccccc2S(=O)(=O)N(COC)c2noc(C)c2C)c(COCC)c1. The third-order valence-electron chi connectivity index (χ3n) is 8.81. The molecule has 3 aromatic rings. The fourth-order valence-electron chi connectivity index (χ4n) is 6.13. The maximum Gasteiger partial charge on any atom is 0.268 e. The van der Waals surface area contributed by atoms with E-state index in [1.54, 1.807) is 32.0 Å². The van der Waals surface area contributed by atoms with Crippen LogP contribution < -0.4 is 9.62 Å². The van der Waals surface area contributed by atoms with Gasteiger partial charge in [0, 0.05) is 31.3 Å². The second-order valence-corrected chi connectivity index (χ2v) is 13.7. The summed E-state index contributed by atoms with van der Waals surface area (Å²) in [6.07, 6.45) is 4.14. The highest BCUT2D eigenvalue weighted by Crippen LogP contribution is 2.37. The van der Waals surface area contributed by atoms with Gasteiger partial charge in [-0.15, -0.1) is 0 Å². The number of sulfonamides is 1. The lowest BCUT2D eigenvalue weighted by Gasteiger charge is -2.30. The first-order chi connectivity index (χ1) is 22.2.